The molecule has 7 rings (SSSR count). The Bertz CT molecular complexity index is 1530. The molecule has 4 aliphatic rings. The summed E-state index contributed by atoms with van der Waals surface area (Å²) in [5.74, 6) is 0.160. The molecule has 0 spiro atoms. The number of alkyl halides is 3. The van der Waals surface area contributed by atoms with Crippen molar-refractivity contribution in [2.24, 2.45) is 0 Å². The standard InChI is InChI=1S/C33H41ClF2N8O3/c34-33(35,36)47-29-3-1-24(2-4-29)40-32(46)22-15-30(31(38-16-22)43-14-9-28(45)21-43)23-17-39-44(20-23)26-7-12-41(13-8-26)25-5-10-42(11-6-25)27-18-37-19-27/h1-4,15-17,20,25-28,37,45H,5-14,18-19,21H2,(H,40,46)/t28-/m1/s1. The van der Waals surface area contributed by atoms with Gasteiger partial charge in [0.05, 0.1) is 23.9 Å². The molecular formula is C33H41ClF2N8O3. The van der Waals surface area contributed by atoms with Gasteiger partial charge >= 0.3 is 5.57 Å². The summed E-state index contributed by atoms with van der Waals surface area (Å²) in [6.07, 6.45) is 10.1. The van der Waals surface area contributed by atoms with Gasteiger partial charge in [-0.25, -0.2) is 4.98 Å². The Morgan fingerprint density at radius 1 is 0.957 bits per heavy atom. The first kappa shape index (κ1) is 32.2. The lowest BCUT2D eigenvalue weighted by atomic mass is 9.96. The monoisotopic (exact) mass is 670 g/mol. The molecule has 0 aliphatic carbocycles. The molecule has 4 saturated heterocycles. The van der Waals surface area contributed by atoms with Gasteiger partial charge in [0.15, 0.2) is 0 Å². The van der Waals surface area contributed by atoms with E-state index in [0.717, 1.165) is 56.2 Å². The minimum Gasteiger partial charge on any atom is -0.420 e. The quantitative estimate of drug-likeness (QED) is 0.291. The van der Waals surface area contributed by atoms with Gasteiger partial charge in [-0.15, -0.1) is 8.78 Å². The van der Waals surface area contributed by atoms with Crippen LogP contribution in [0.2, 0.25) is 0 Å². The van der Waals surface area contributed by atoms with Crippen LogP contribution in [-0.4, -0.2) is 112 Å². The van der Waals surface area contributed by atoms with Crippen molar-refractivity contribution in [3.63, 3.8) is 0 Å². The number of ether oxygens (including phenoxy) is 1. The number of carbonyl (C=O) groups excluding carboxylic acids is 1. The van der Waals surface area contributed by atoms with Crippen LogP contribution < -0.4 is 20.3 Å². The van der Waals surface area contributed by atoms with Crippen LogP contribution in [0.4, 0.5) is 20.3 Å². The first-order valence-corrected chi connectivity index (χ1v) is 16.9. The van der Waals surface area contributed by atoms with Crippen molar-refractivity contribution in [2.45, 2.75) is 61.9 Å². The number of piperidine rings is 2. The van der Waals surface area contributed by atoms with E-state index in [4.69, 9.17) is 16.7 Å². The number of rotatable bonds is 9. The second kappa shape index (κ2) is 13.6. The number of hydrogen-bond acceptors (Lipinski definition) is 9. The number of likely N-dealkylation sites (tertiary alicyclic amines) is 2. The van der Waals surface area contributed by atoms with Crippen molar-refractivity contribution < 1.29 is 23.4 Å². The van der Waals surface area contributed by atoms with Gasteiger partial charge in [-0.1, -0.05) is 0 Å². The molecular weight excluding hydrogens is 630 g/mol. The van der Waals surface area contributed by atoms with Crippen LogP contribution >= 0.6 is 11.6 Å². The van der Waals surface area contributed by atoms with E-state index in [0.29, 0.717) is 48.7 Å². The highest BCUT2D eigenvalue weighted by Crippen LogP contribution is 2.34. The summed E-state index contributed by atoms with van der Waals surface area (Å²) in [5.41, 5.74) is -1.48. The zero-order valence-electron chi connectivity index (χ0n) is 26.2. The Morgan fingerprint density at radius 3 is 2.26 bits per heavy atom. The number of anilines is 2. The highest BCUT2D eigenvalue weighted by Gasteiger charge is 2.33. The SMILES string of the molecule is O=C(Nc1ccc(OC(F)(F)Cl)cc1)c1cnc(N2CC[C@@H](O)C2)c(-c2cnn(C3CCN(C4CCN(C5CNC5)CC4)CC3)c2)c1. The molecule has 0 unspecified atom stereocenters. The van der Waals surface area contributed by atoms with Crippen molar-refractivity contribution in [2.75, 3.05) is 62.6 Å². The van der Waals surface area contributed by atoms with Crippen molar-refractivity contribution in [1.29, 1.82) is 0 Å². The Hall–Kier alpha value is -3.36. The number of hydrogen-bond donors (Lipinski definition) is 3. The van der Waals surface area contributed by atoms with Crippen LogP contribution in [0.3, 0.4) is 0 Å². The van der Waals surface area contributed by atoms with E-state index in [1.165, 1.54) is 56.4 Å². The summed E-state index contributed by atoms with van der Waals surface area (Å²) in [7, 11) is 0. The molecule has 1 amide bonds. The fourth-order valence-electron chi connectivity index (χ4n) is 7.26. The van der Waals surface area contributed by atoms with E-state index in [1.54, 1.807) is 6.07 Å². The number of aliphatic hydroxyl groups is 1. The third-order valence-electron chi connectivity index (χ3n) is 10.0. The number of aliphatic hydroxyl groups excluding tert-OH is 1. The van der Waals surface area contributed by atoms with E-state index < -0.39 is 17.6 Å². The number of carbonyl (C=O) groups is 1. The number of amides is 1. The minimum atomic E-state index is -3.82. The Morgan fingerprint density at radius 2 is 1.64 bits per heavy atom. The lowest BCUT2D eigenvalue weighted by Gasteiger charge is -2.45. The normalized spacial score (nSPS) is 22.4. The lowest BCUT2D eigenvalue weighted by molar-refractivity contribution is -0.0964. The summed E-state index contributed by atoms with van der Waals surface area (Å²) >= 11 is 4.84. The lowest BCUT2D eigenvalue weighted by Crippen LogP contribution is -2.60. The highest BCUT2D eigenvalue weighted by molar-refractivity contribution is 6.20. The van der Waals surface area contributed by atoms with E-state index in [-0.39, 0.29) is 5.75 Å². The van der Waals surface area contributed by atoms with Gasteiger partial charge in [-0.3, -0.25) is 14.4 Å². The maximum Gasteiger partial charge on any atom is 0.487 e. The van der Waals surface area contributed by atoms with E-state index >= 15 is 0 Å². The highest BCUT2D eigenvalue weighted by atomic mass is 35.5. The fraction of sp³-hybridized carbons (Fsp3) is 0.545. The van der Waals surface area contributed by atoms with Gasteiger partial charge in [0.1, 0.15) is 11.6 Å². The second-order valence-corrected chi connectivity index (χ2v) is 13.5. The first-order chi connectivity index (χ1) is 22.7. The molecule has 0 radical (unpaired) electrons. The fourth-order valence-corrected chi connectivity index (χ4v) is 7.35. The molecule has 14 heteroatoms. The van der Waals surface area contributed by atoms with E-state index in [2.05, 4.69) is 34.8 Å². The van der Waals surface area contributed by atoms with Crippen LogP contribution in [0.25, 0.3) is 11.1 Å². The number of halogens is 3. The molecule has 0 bridgehead atoms. The van der Waals surface area contributed by atoms with Gasteiger partial charge in [-0.2, -0.15) is 5.10 Å². The summed E-state index contributed by atoms with van der Waals surface area (Å²) < 4.78 is 32.3. The van der Waals surface area contributed by atoms with Gasteiger partial charge in [0.2, 0.25) is 0 Å². The van der Waals surface area contributed by atoms with E-state index in [9.17, 15) is 18.7 Å². The van der Waals surface area contributed by atoms with Crippen LogP contribution in [0.5, 0.6) is 5.75 Å². The zero-order valence-corrected chi connectivity index (χ0v) is 27.0. The van der Waals surface area contributed by atoms with E-state index in [1.807, 2.05) is 17.3 Å². The number of aromatic nitrogens is 3. The predicted molar refractivity (Wildman–Crippen MR) is 175 cm³/mol. The first-order valence-electron chi connectivity index (χ1n) is 16.5. The van der Waals surface area contributed by atoms with Gasteiger partial charge in [0.25, 0.3) is 5.91 Å². The van der Waals surface area contributed by atoms with Crippen molar-refractivity contribution in [3.8, 4) is 16.9 Å². The maximum atomic E-state index is 13.3. The molecule has 252 valence electrons. The van der Waals surface area contributed by atoms with Gasteiger partial charge in [-0.05, 0) is 62.4 Å². The molecule has 3 N–H and O–H groups in total. The molecule has 1 aromatic carbocycles. The Balaban J connectivity index is 1.03. The maximum absolute atomic E-state index is 13.3. The average molecular weight is 671 g/mol. The van der Waals surface area contributed by atoms with Crippen molar-refractivity contribution >= 4 is 29.0 Å². The Kier molecular flexibility index (Phi) is 9.34. The van der Waals surface area contributed by atoms with Gasteiger partial charge < -0.3 is 30.3 Å². The molecule has 1 atom stereocenters. The van der Waals surface area contributed by atoms with Gasteiger partial charge in [0, 0.05) is 105 Å². The average Bonchev–Trinajstić information content (AvgIpc) is 3.70. The van der Waals surface area contributed by atoms with Crippen LogP contribution in [0.15, 0.2) is 48.9 Å². The molecule has 2 aromatic heterocycles. The van der Waals surface area contributed by atoms with Crippen molar-refractivity contribution in [1.82, 2.24) is 29.9 Å². The molecule has 4 fully saturated rings. The number of nitrogens with one attached hydrogen (secondary N) is 2. The molecule has 0 saturated carbocycles. The molecule has 4 aliphatic heterocycles. The number of nitrogens with zero attached hydrogens (tertiary/aromatic N) is 6. The summed E-state index contributed by atoms with van der Waals surface area (Å²) in [4.78, 5) is 25.3. The molecule has 6 heterocycles. The second-order valence-electron chi connectivity index (χ2n) is 13.1. The number of pyridine rings is 1. The zero-order chi connectivity index (χ0) is 32.5. The third-order valence-corrected chi connectivity index (χ3v) is 10.1. The number of benzene rings is 1. The molecule has 3 aromatic rings. The largest absolute Gasteiger partial charge is 0.487 e. The summed E-state index contributed by atoms with van der Waals surface area (Å²) in [5, 5.41) is 21.2. The van der Waals surface area contributed by atoms with Crippen LogP contribution in [0, 0.1) is 0 Å². The smallest absolute Gasteiger partial charge is 0.420 e. The molecule has 47 heavy (non-hydrogen) atoms. The summed E-state index contributed by atoms with van der Waals surface area (Å²) in [6, 6.07) is 8.98. The van der Waals surface area contributed by atoms with Crippen LogP contribution in [0.1, 0.15) is 48.5 Å². The Labute approximate surface area is 277 Å². The van der Waals surface area contributed by atoms with Crippen LogP contribution in [-0.2, 0) is 0 Å². The third kappa shape index (κ3) is 7.54. The topological polar surface area (TPSA) is 111 Å². The molecule has 11 nitrogen and oxygen atoms in total. The minimum absolute atomic E-state index is 0.130. The summed E-state index contributed by atoms with van der Waals surface area (Å²) in [6.45, 7) is 7.89. The number of β-amino-alcohol motifs (C(OH)–C–C–N with tert-alkyl or cyclic N) is 1. The predicted octanol–water partition coefficient (Wildman–Crippen LogP) is 4.01. The van der Waals surface area contributed by atoms with Crippen molar-refractivity contribution in [3.05, 3.63) is 54.5 Å².